The van der Waals surface area contributed by atoms with E-state index >= 15 is 0 Å². The third-order valence-electron chi connectivity index (χ3n) is 5.69. The summed E-state index contributed by atoms with van der Waals surface area (Å²) in [6.07, 6.45) is 3.37. The van der Waals surface area contributed by atoms with Gasteiger partial charge in [-0.2, -0.15) is 4.31 Å². The Balaban J connectivity index is 1.45. The Morgan fingerprint density at radius 2 is 1.70 bits per heavy atom. The van der Waals surface area contributed by atoms with Gasteiger partial charge in [-0.3, -0.25) is 9.59 Å². The smallest absolute Gasteiger partial charge is 0.243 e. The Morgan fingerprint density at radius 1 is 1.07 bits per heavy atom. The number of benzene rings is 1. The average Bonchev–Trinajstić information content (AvgIpc) is 3.29. The number of nitrogens with one attached hydrogen (secondary N) is 1. The Hall–Kier alpha value is -2.13. The molecule has 0 radical (unpaired) electrons. The Bertz CT molecular complexity index is 827. The number of rotatable bonds is 8. The maximum absolute atomic E-state index is 12.8. The second kappa shape index (κ2) is 10.3. The maximum atomic E-state index is 12.8. The van der Waals surface area contributed by atoms with Crippen LogP contribution in [-0.2, 0) is 19.6 Å². The molecule has 0 atom stereocenters. The summed E-state index contributed by atoms with van der Waals surface area (Å²) in [6, 6.07) is 6.41. The van der Waals surface area contributed by atoms with Crippen LogP contribution in [0.25, 0.3) is 0 Å². The van der Waals surface area contributed by atoms with E-state index in [-0.39, 0.29) is 22.6 Å². The third kappa shape index (κ3) is 5.51. The largest absolute Gasteiger partial charge is 0.494 e. The van der Waals surface area contributed by atoms with E-state index in [0.717, 1.165) is 25.9 Å². The van der Waals surface area contributed by atoms with E-state index in [4.69, 9.17) is 4.74 Å². The van der Waals surface area contributed by atoms with Gasteiger partial charge in [0.05, 0.1) is 11.5 Å². The third-order valence-corrected chi connectivity index (χ3v) is 7.61. The van der Waals surface area contributed by atoms with Gasteiger partial charge in [0.1, 0.15) is 5.75 Å². The highest BCUT2D eigenvalue weighted by Gasteiger charge is 2.32. The Labute approximate surface area is 178 Å². The van der Waals surface area contributed by atoms with Crippen LogP contribution in [0.15, 0.2) is 29.2 Å². The molecule has 2 amide bonds. The number of hydrogen-bond acceptors (Lipinski definition) is 5. The molecule has 3 rings (SSSR count). The van der Waals surface area contributed by atoms with Gasteiger partial charge in [-0.05, 0) is 56.9 Å². The number of likely N-dealkylation sites (tertiary alicyclic amines) is 1. The van der Waals surface area contributed by atoms with Gasteiger partial charge in [-0.1, -0.05) is 0 Å². The second-order valence-electron chi connectivity index (χ2n) is 7.71. The van der Waals surface area contributed by atoms with Crippen molar-refractivity contribution in [2.24, 2.45) is 5.92 Å². The van der Waals surface area contributed by atoms with Gasteiger partial charge >= 0.3 is 0 Å². The summed E-state index contributed by atoms with van der Waals surface area (Å²) >= 11 is 0. The van der Waals surface area contributed by atoms with E-state index in [1.165, 1.54) is 4.31 Å². The molecule has 8 nitrogen and oxygen atoms in total. The molecule has 1 aromatic carbocycles. The van der Waals surface area contributed by atoms with Crippen molar-refractivity contribution in [3.8, 4) is 5.75 Å². The molecule has 30 heavy (non-hydrogen) atoms. The minimum atomic E-state index is -3.58. The van der Waals surface area contributed by atoms with Crippen LogP contribution in [-0.4, -0.2) is 68.8 Å². The highest BCUT2D eigenvalue weighted by atomic mass is 32.2. The number of sulfonamides is 1. The van der Waals surface area contributed by atoms with Crippen molar-refractivity contribution >= 4 is 21.8 Å². The van der Waals surface area contributed by atoms with Crippen molar-refractivity contribution < 1.29 is 22.7 Å². The highest BCUT2D eigenvalue weighted by molar-refractivity contribution is 7.89. The molecule has 1 N–H and O–H groups in total. The zero-order valence-electron chi connectivity index (χ0n) is 17.5. The fourth-order valence-corrected chi connectivity index (χ4v) is 5.41. The fourth-order valence-electron chi connectivity index (χ4n) is 3.94. The van der Waals surface area contributed by atoms with Gasteiger partial charge in [0.2, 0.25) is 21.8 Å². The lowest BCUT2D eigenvalue weighted by molar-refractivity contribution is -0.130. The lowest BCUT2D eigenvalue weighted by atomic mass is 9.97. The van der Waals surface area contributed by atoms with E-state index in [1.54, 1.807) is 24.3 Å². The standard InChI is InChI=1S/C21H31N3O5S/c1-2-29-18-5-7-19(8-6-18)30(27,28)24-15-10-17(11-16-24)21(26)22-12-9-20(25)23-13-3-4-14-23/h5-8,17H,2-4,9-16H2,1H3,(H,22,26). The van der Waals surface area contributed by atoms with Crippen molar-refractivity contribution in [3.05, 3.63) is 24.3 Å². The first-order chi connectivity index (χ1) is 14.4. The van der Waals surface area contributed by atoms with E-state index in [0.29, 0.717) is 51.3 Å². The number of piperidine rings is 1. The molecule has 2 aliphatic heterocycles. The predicted molar refractivity (Wildman–Crippen MR) is 113 cm³/mol. The molecular formula is C21H31N3O5S. The van der Waals surface area contributed by atoms with E-state index < -0.39 is 10.0 Å². The van der Waals surface area contributed by atoms with Gasteiger partial charge in [-0.15, -0.1) is 0 Å². The molecule has 9 heteroatoms. The van der Waals surface area contributed by atoms with Crippen molar-refractivity contribution in [1.29, 1.82) is 0 Å². The number of nitrogens with zero attached hydrogens (tertiary/aromatic N) is 2. The SMILES string of the molecule is CCOc1ccc(S(=O)(=O)N2CCC(C(=O)NCCC(=O)N3CCCC3)CC2)cc1. The normalized spacial score (nSPS) is 18.4. The molecule has 2 saturated heterocycles. The van der Waals surface area contributed by atoms with Gasteiger partial charge in [0, 0.05) is 45.1 Å². The molecular weight excluding hydrogens is 406 g/mol. The molecule has 0 saturated carbocycles. The van der Waals surface area contributed by atoms with Crippen molar-refractivity contribution in [2.45, 2.75) is 43.9 Å². The van der Waals surface area contributed by atoms with Crippen LogP contribution >= 0.6 is 0 Å². The van der Waals surface area contributed by atoms with Crippen LogP contribution in [0.1, 0.15) is 39.0 Å². The Morgan fingerprint density at radius 3 is 2.30 bits per heavy atom. The summed E-state index contributed by atoms with van der Waals surface area (Å²) in [5, 5.41) is 2.84. The molecule has 0 bridgehead atoms. The van der Waals surface area contributed by atoms with Crippen LogP contribution in [0.2, 0.25) is 0 Å². The summed E-state index contributed by atoms with van der Waals surface area (Å²) in [6.45, 7) is 4.96. The molecule has 1 aromatic rings. The molecule has 0 aliphatic carbocycles. The van der Waals surface area contributed by atoms with Crippen molar-refractivity contribution in [3.63, 3.8) is 0 Å². The molecule has 2 heterocycles. The summed E-state index contributed by atoms with van der Waals surface area (Å²) in [4.78, 5) is 26.5. The lowest BCUT2D eigenvalue weighted by Gasteiger charge is -2.30. The molecule has 2 fully saturated rings. The first-order valence-electron chi connectivity index (χ1n) is 10.7. The van der Waals surface area contributed by atoms with Crippen LogP contribution in [0.3, 0.4) is 0 Å². The number of carbonyl (C=O) groups excluding carboxylic acids is 2. The van der Waals surface area contributed by atoms with Gasteiger partial charge in [0.25, 0.3) is 0 Å². The van der Waals surface area contributed by atoms with E-state index in [2.05, 4.69) is 5.32 Å². The van der Waals surface area contributed by atoms with E-state index in [9.17, 15) is 18.0 Å². The average molecular weight is 438 g/mol. The molecule has 0 unspecified atom stereocenters. The molecule has 0 spiro atoms. The molecule has 166 valence electrons. The van der Waals surface area contributed by atoms with Gasteiger partial charge < -0.3 is 15.0 Å². The number of carbonyl (C=O) groups is 2. The molecule has 2 aliphatic rings. The summed E-state index contributed by atoms with van der Waals surface area (Å²) in [5.74, 6) is 0.403. The first-order valence-corrected chi connectivity index (χ1v) is 12.1. The zero-order chi connectivity index (χ0) is 21.6. The number of hydrogen-bond donors (Lipinski definition) is 1. The fraction of sp³-hybridized carbons (Fsp3) is 0.619. The van der Waals surface area contributed by atoms with Gasteiger partial charge in [0.15, 0.2) is 0 Å². The topological polar surface area (TPSA) is 96.0 Å². The predicted octanol–water partition coefficient (Wildman–Crippen LogP) is 1.61. The highest BCUT2D eigenvalue weighted by Crippen LogP contribution is 2.25. The molecule has 0 aromatic heterocycles. The first kappa shape index (κ1) is 22.6. The van der Waals surface area contributed by atoms with Crippen LogP contribution < -0.4 is 10.1 Å². The minimum Gasteiger partial charge on any atom is -0.494 e. The Kier molecular flexibility index (Phi) is 7.71. The zero-order valence-corrected chi connectivity index (χ0v) is 18.3. The van der Waals surface area contributed by atoms with Crippen LogP contribution in [0.4, 0.5) is 0 Å². The van der Waals surface area contributed by atoms with Crippen molar-refractivity contribution in [2.75, 3.05) is 39.3 Å². The van der Waals surface area contributed by atoms with Gasteiger partial charge in [-0.25, -0.2) is 8.42 Å². The van der Waals surface area contributed by atoms with Crippen molar-refractivity contribution in [1.82, 2.24) is 14.5 Å². The van der Waals surface area contributed by atoms with Crippen LogP contribution in [0.5, 0.6) is 5.75 Å². The quantitative estimate of drug-likeness (QED) is 0.667. The summed E-state index contributed by atoms with van der Waals surface area (Å²) in [5.41, 5.74) is 0. The maximum Gasteiger partial charge on any atom is 0.243 e. The monoisotopic (exact) mass is 437 g/mol. The number of ether oxygens (including phenoxy) is 1. The summed E-state index contributed by atoms with van der Waals surface area (Å²) < 4.78 is 32.5. The van der Waals surface area contributed by atoms with E-state index in [1.807, 2.05) is 11.8 Å². The minimum absolute atomic E-state index is 0.0871. The summed E-state index contributed by atoms with van der Waals surface area (Å²) in [7, 11) is -3.58. The number of amides is 2. The lowest BCUT2D eigenvalue weighted by Crippen LogP contribution is -2.43. The van der Waals surface area contributed by atoms with Crippen LogP contribution in [0, 0.1) is 5.92 Å². The second-order valence-corrected chi connectivity index (χ2v) is 9.65.